The van der Waals surface area contributed by atoms with Crippen LogP contribution in [0.2, 0.25) is 0 Å². The van der Waals surface area contributed by atoms with Gasteiger partial charge in [0.1, 0.15) is 0 Å². The van der Waals surface area contributed by atoms with Crippen LogP contribution in [0.15, 0.2) is 24.3 Å². The van der Waals surface area contributed by atoms with Crippen LogP contribution in [0.5, 0.6) is 0 Å². The van der Waals surface area contributed by atoms with Gasteiger partial charge < -0.3 is 16.6 Å². The summed E-state index contributed by atoms with van der Waals surface area (Å²) in [5.41, 5.74) is 11.1. The molecule has 0 bridgehead atoms. The molecular formula is C10H16N2O2. The normalized spacial score (nSPS) is 9.14. The molecule has 0 aliphatic carbocycles. The zero-order chi connectivity index (χ0) is 11.1. The third-order valence-electron chi connectivity index (χ3n) is 1.13. The Morgan fingerprint density at radius 3 is 2.21 bits per heavy atom. The highest BCUT2D eigenvalue weighted by Crippen LogP contribution is 2.05. The summed E-state index contributed by atoms with van der Waals surface area (Å²) >= 11 is 0. The zero-order valence-corrected chi connectivity index (χ0v) is 8.40. The van der Waals surface area contributed by atoms with Crippen molar-refractivity contribution in [3.8, 4) is 0 Å². The Labute approximate surface area is 83.5 Å². The molecule has 1 rings (SSSR count). The van der Waals surface area contributed by atoms with Gasteiger partial charge in [-0.15, -0.1) is 0 Å². The van der Waals surface area contributed by atoms with E-state index in [1.807, 2.05) is 13.8 Å². The van der Waals surface area contributed by atoms with Crippen molar-refractivity contribution in [1.29, 1.82) is 0 Å². The number of benzene rings is 1. The Hall–Kier alpha value is -1.55. The lowest BCUT2D eigenvalue weighted by molar-refractivity contribution is 0.0697. The number of nitrogen functional groups attached to an aromatic ring is 1. The highest BCUT2D eigenvalue weighted by Gasteiger charge is 1.99. The summed E-state index contributed by atoms with van der Waals surface area (Å²) in [7, 11) is 0. The SMILES string of the molecule is CC(C)N.Nc1cccc(C(=O)O)c1. The first-order chi connectivity index (χ1) is 6.43. The molecule has 0 aliphatic rings. The molecule has 0 saturated heterocycles. The summed E-state index contributed by atoms with van der Waals surface area (Å²) in [5, 5.41) is 8.45. The van der Waals surface area contributed by atoms with Crippen molar-refractivity contribution >= 4 is 11.7 Å². The maximum Gasteiger partial charge on any atom is 0.335 e. The number of aromatic carboxylic acids is 1. The molecule has 1 aromatic carbocycles. The van der Waals surface area contributed by atoms with Crippen LogP contribution in [0.1, 0.15) is 24.2 Å². The molecule has 0 atom stereocenters. The van der Waals surface area contributed by atoms with Crippen molar-refractivity contribution in [2.75, 3.05) is 5.73 Å². The molecule has 0 aromatic heterocycles. The Morgan fingerprint density at radius 1 is 1.43 bits per heavy atom. The van der Waals surface area contributed by atoms with Crippen LogP contribution in [-0.2, 0) is 0 Å². The summed E-state index contributed by atoms with van der Waals surface area (Å²) in [6, 6.07) is 6.51. The molecule has 1 aromatic rings. The van der Waals surface area contributed by atoms with E-state index in [-0.39, 0.29) is 5.56 Å². The Bertz CT molecular complexity index is 295. The average molecular weight is 196 g/mol. The highest BCUT2D eigenvalue weighted by molar-refractivity contribution is 5.88. The summed E-state index contributed by atoms with van der Waals surface area (Å²) in [5.74, 6) is -0.952. The number of carbonyl (C=O) groups is 1. The van der Waals surface area contributed by atoms with Gasteiger partial charge in [-0.25, -0.2) is 4.79 Å². The molecule has 0 aliphatic heterocycles. The number of hydrogen-bond donors (Lipinski definition) is 3. The largest absolute Gasteiger partial charge is 0.478 e. The van der Waals surface area contributed by atoms with E-state index in [0.29, 0.717) is 11.7 Å². The lowest BCUT2D eigenvalue weighted by Crippen LogP contribution is -2.06. The topological polar surface area (TPSA) is 89.3 Å². The lowest BCUT2D eigenvalue weighted by atomic mass is 10.2. The summed E-state index contributed by atoms with van der Waals surface area (Å²) in [4.78, 5) is 10.3. The molecule has 14 heavy (non-hydrogen) atoms. The molecule has 0 saturated carbocycles. The van der Waals surface area contributed by atoms with Gasteiger partial charge in [0.25, 0.3) is 0 Å². The molecule has 78 valence electrons. The van der Waals surface area contributed by atoms with Crippen molar-refractivity contribution in [3.63, 3.8) is 0 Å². The third-order valence-corrected chi connectivity index (χ3v) is 1.13. The molecule has 0 fully saturated rings. The van der Waals surface area contributed by atoms with Crippen LogP contribution >= 0.6 is 0 Å². The van der Waals surface area contributed by atoms with Crippen molar-refractivity contribution in [2.45, 2.75) is 19.9 Å². The first-order valence-electron chi connectivity index (χ1n) is 4.28. The molecule has 4 nitrogen and oxygen atoms in total. The fourth-order valence-electron chi connectivity index (χ4n) is 0.672. The van der Waals surface area contributed by atoms with Gasteiger partial charge in [-0.3, -0.25) is 0 Å². The minimum atomic E-state index is -0.952. The van der Waals surface area contributed by atoms with Crippen LogP contribution < -0.4 is 11.5 Å². The highest BCUT2D eigenvalue weighted by atomic mass is 16.4. The summed E-state index contributed by atoms with van der Waals surface area (Å²) < 4.78 is 0. The number of nitrogens with two attached hydrogens (primary N) is 2. The van der Waals surface area contributed by atoms with E-state index in [4.69, 9.17) is 16.6 Å². The van der Waals surface area contributed by atoms with Crippen LogP contribution in [0.4, 0.5) is 5.69 Å². The first-order valence-corrected chi connectivity index (χ1v) is 4.28. The number of carboxylic acids is 1. The minimum absolute atomic E-state index is 0.222. The molecule has 0 spiro atoms. The number of anilines is 1. The van der Waals surface area contributed by atoms with Gasteiger partial charge in [-0.05, 0) is 24.2 Å². The number of carboxylic acid groups (broad SMARTS) is 1. The second kappa shape index (κ2) is 5.99. The van der Waals surface area contributed by atoms with E-state index in [1.54, 1.807) is 12.1 Å². The quantitative estimate of drug-likeness (QED) is 0.591. The maximum atomic E-state index is 10.3. The van der Waals surface area contributed by atoms with Gasteiger partial charge in [-0.1, -0.05) is 19.9 Å². The Balaban J connectivity index is 0.000000364. The molecular weight excluding hydrogens is 180 g/mol. The van der Waals surface area contributed by atoms with Gasteiger partial charge >= 0.3 is 5.97 Å². The molecule has 5 N–H and O–H groups in total. The van der Waals surface area contributed by atoms with Crippen molar-refractivity contribution < 1.29 is 9.90 Å². The van der Waals surface area contributed by atoms with E-state index >= 15 is 0 Å². The number of hydrogen-bond acceptors (Lipinski definition) is 3. The van der Waals surface area contributed by atoms with E-state index in [0.717, 1.165) is 0 Å². The predicted molar refractivity (Wildman–Crippen MR) is 57.1 cm³/mol. The minimum Gasteiger partial charge on any atom is -0.478 e. The Kier molecular flexibility index (Phi) is 5.33. The van der Waals surface area contributed by atoms with Crippen molar-refractivity contribution in [1.82, 2.24) is 0 Å². The van der Waals surface area contributed by atoms with Gasteiger partial charge in [0, 0.05) is 5.69 Å². The second-order valence-corrected chi connectivity index (χ2v) is 3.17. The fraction of sp³-hybridized carbons (Fsp3) is 0.300. The smallest absolute Gasteiger partial charge is 0.335 e. The molecule has 0 unspecified atom stereocenters. The molecule has 0 heterocycles. The van der Waals surface area contributed by atoms with Crippen molar-refractivity contribution in [2.24, 2.45) is 5.73 Å². The van der Waals surface area contributed by atoms with Crippen LogP contribution in [0, 0.1) is 0 Å². The van der Waals surface area contributed by atoms with Gasteiger partial charge in [0.05, 0.1) is 5.56 Å². The van der Waals surface area contributed by atoms with E-state index in [2.05, 4.69) is 0 Å². The van der Waals surface area contributed by atoms with Crippen LogP contribution in [-0.4, -0.2) is 17.1 Å². The fourth-order valence-corrected chi connectivity index (χ4v) is 0.672. The standard InChI is InChI=1S/C7H7NO2.C3H9N/c8-6-3-1-2-5(4-6)7(9)10;1-3(2)4/h1-4H,8H2,(H,9,10);3H,4H2,1-2H3. The predicted octanol–water partition coefficient (Wildman–Crippen LogP) is 1.32. The van der Waals surface area contributed by atoms with E-state index in [9.17, 15) is 4.79 Å². The van der Waals surface area contributed by atoms with Crippen LogP contribution in [0.3, 0.4) is 0 Å². The maximum absolute atomic E-state index is 10.3. The zero-order valence-electron chi connectivity index (χ0n) is 8.40. The molecule has 0 radical (unpaired) electrons. The Morgan fingerprint density at radius 2 is 1.93 bits per heavy atom. The summed E-state index contributed by atoms with van der Waals surface area (Å²) in [6.07, 6.45) is 0. The summed E-state index contributed by atoms with van der Waals surface area (Å²) in [6.45, 7) is 3.89. The van der Waals surface area contributed by atoms with E-state index in [1.165, 1.54) is 12.1 Å². The van der Waals surface area contributed by atoms with Gasteiger partial charge in [0.2, 0.25) is 0 Å². The second-order valence-electron chi connectivity index (χ2n) is 3.17. The van der Waals surface area contributed by atoms with E-state index < -0.39 is 5.97 Å². The molecule has 0 amide bonds. The third kappa shape index (κ3) is 6.02. The van der Waals surface area contributed by atoms with Gasteiger partial charge in [-0.2, -0.15) is 0 Å². The van der Waals surface area contributed by atoms with Crippen LogP contribution in [0.25, 0.3) is 0 Å². The van der Waals surface area contributed by atoms with Crippen molar-refractivity contribution in [3.05, 3.63) is 29.8 Å². The van der Waals surface area contributed by atoms with Gasteiger partial charge in [0.15, 0.2) is 0 Å². The molecule has 4 heteroatoms. The first kappa shape index (κ1) is 12.4. The lowest BCUT2D eigenvalue weighted by Gasteiger charge is -1.93. The average Bonchev–Trinajstić information content (AvgIpc) is 2.03. The number of rotatable bonds is 1. The monoisotopic (exact) mass is 196 g/mol.